The number of aromatic nitrogens is 3. The van der Waals surface area contributed by atoms with Crippen LogP contribution in [0, 0.1) is 0 Å². The highest BCUT2D eigenvalue weighted by Gasteiger charge is 2.14. The minimum absolute atomic E-state index is 0. The fraction of sp³-hybridized carbons (Fsp3) is 0.526. The summed E-state index contributed by atoms with van der Waals surface area (Å²) >= 11 is 6.02. The lowest BCUT2D eigenvalue weighted by Gasteiger charge is -2.12. The van der Waals surface area contributed by atoms with Crippen LogP contribution >= 0.6 is 35.6 Å². The van der Waals surface area contributed by atoms with Gasteiger partial charge in [-0.3, -0.25) is 4.99 Å². The Labute approximate surface area is 183 Å². The normalized spacial score (nSPS) is 14.1. The topological polar surface area (TPSA) is 67.1 Å². The van der Waals surface area contributed by atoms with E-state index in [1.807, 2.05) is 24.3 Å². The summed E-state index contributed by atoms with van der Waals surface area (Å²) in [6.07, 6.45) is 6.75. The molecule has 8 heteroatoms. The highest BCUT2D eigenvalue weighted by atomic mass is 127. The van der Waals surface area contributed by atoms with Crippen LogP contribution in [-0.4, -0.2) is 34.3 Å². The van der Waals surface area contributed by atoms with Gasteiger partial charge in [0, 0.05) is 44.5 Å². The van der Waals surface area contributed by atoms with Crippen molar-refractivity contribution in [1.29, 1.82) is 0 Å². The molecule has 2 aromatic rings. The van der Waals surface area contributed by atoms with Gasteiger partial charge in [-0.1, -0.05) is 30.2 Å². The van der Waals surface area contributed by atoms with Crippen molar-refractivity contribution >= 4 is 41.5 Å². The van der Waals surface area contributed by atoms with E-state index in [0.29, 0.717) is 6.54 Å². The minimum atomic E-state index is 0. The van der Waals surface area contributed by atoms with Crippen LogP contribution in [0.25, 0.3) is 0 Å². The van der Waals surface area contributed by atoms with E-state index in [0.717, 1.165) is 60.5 Å². The van der Waals surface area contributed by atoms with Crippen molar-refractivity contribution in [2.45, 2.75) is 51.6 Å². The zero-order valence-electron chi connectivity index (χ0n) is 15.7. The molecule has 0 saturated carbocycles. The van der Waals surface area contributed by atoms with Gasteiger partial charge in [-0.05, 0) is 37.0 Å². The molecule has 2 N–H and O–H groups in total. The van der Waals surface area contributed by atoms with Crippen LogP contribution in [0.5, 0.6) is 0 Å². The van der Waals surface area contributed by atoms with Gasteiger partial charge < -0.3 is 15.2 Å². The number of nitrogens with one attached hydrogen (secondary N) is 2. The SMILES string of the molecule is CN=C(NCCCc1nnc2n1CCCCC2)NCc1cccc(Cl)c1.I. The standard InChI is InChI=1S/C19H27ClN6.HI/c1-21-19(23-14-15-7-5-8-16(20)13-15)22-11-6-10-18-25-24-17-9-3-2-4-12-26(17)18;/h5,7-8,13H,2-4,6,9-12,14H2,1H3,(H2,21,22,23);1H. The number of aryl methyl sites for hydroxylation is 2. The molecule has 0 radical (unpaired) electrons. The summed E-state index contributed by atoms with van der Waals surface area (Å²) in [5.74, 6) is 3.07. The maximum Gasteiger partial charge on any atom is 0.191 e. The predicted octanol–water partition coefficient (Wildman–Crippen LogP) is 3.57. The number of rotatable bonds is 6. The van der Waals surface area contributed by atoms with E-state index in [9.17, 15) is 0 Å². The molecule has 0 bridgehead atoms. The number of hydrogen-bond donors (Lipinski definition) is 2. The molecule has 0 atom stereocenters. The smallest absolute Gasteiger partial charge is 0.191 e. The Morgan fingerprint density at radius 3 is 2.93 bits per heavy atom. The summed E-state index contributed by atoms with van der Waals surface area (Å²) in [6.45, 7) is 2.60. The fourth-order valence-electron chi connectivity index (χ4n) is 3.24. The average molecular weight is 503 g/mol. The van der Waals surface area contributed by atoms with Crippen molar-refractivity contribution in [3.63, 3.8) is 0 Å². The number of nitrogens with zero attached hydrogens (tertiary/aromatic N) is 4. The van der Waals surface area contributed by atoms with Crippen LogP contribution in [0.4, 0.5) is 0 Å². The first-order valence-corrected chi connectivity index (χ1v) is 9.74. The average Bonchev–Trinajstić information content (AvgIpc) is 2.87. The molecule has 3 rings (SSSR count). The molecule has 1 aromatic carbocycles. The lowest BCUT2D eigenvalue weighted by atomic mass is 10.2. The second-order valence-corrected chi connectivity index (χ2v) is 7.02. The fourth-order valence-corrected chi connectivity index (χ4v) is 3.45. The first-order valence-electron chi connectivity index (χ1n) is 9.36. The van der Waals surface area contributed by atoms with Gasteiger partial charge in [0.1, 0.15) is 11.6 Å². The van der Waals surface area contributed by atoms with Crippen LogP contribution < -0.4 is 10.6 Å². The van der Waals surface area contributed by atoms with E-state index in [1.165, 1.54) is 19.3 Å². The van der Waals surface area contributed by atoms with Crippen LogP contribution in [0.15, 0.2) is 29.3 Å². The van der Waals surface area contributed by atoms with Crippen LogP contribution in [0.2, 0.25) is 5.02 Å². The van der Waals surface area contributed by atoms with E-state index in [4.69, 9.17) is 11.6 Å². The molecular formula is C19H28ClIN6. The molecule has 0 unspecified atom stereocenters. The van der Waals surface area contributed by atoms with Crippen molar-refractivity contribution in [2.24, 2.45) is 4.99 Å². The molecule has 1 aliphatic rings. The second-order valence-electron chi connectivity index (χ2n) is 6.58. The molecule has 2 heterocycles. The van der Waals surface area contributed by atoms with Gasteiger partial charge in [-0.15, -0.1) is 34.2 Å². The Hall–Kier alpha value is -1.35. The van der Waals surface area contributed by atoms with E-state index < -0.39 is 0 Å². The van der Waals surface area contributed by atoms with Gasteiger partial charge in [0.15, 0.2) is 5.96 Å². The Morgan fingerprint density at radius 2 is 2.11 bits per heavy atom. The first kappa shape index (κ1) is 21.9. The van der Waals surface area contributed by atoms with Gasteiger partial charge >= 0.3 is 0 Å². The number of halogens is 2. The summed E-state index contributed by atoms with van der Waals surface area (Å²) in [6, 6.07) is 7.84. The Bertz CT molecular complexity index is 746. The maximum absolute atomic E-state index is 6.02. The van der Waals surface area contributed by atoms with Gasteiger partial charge in [0.2, 0.25) is 0 Å². The minimum Gasteiger partial charge on any atom is -0.356 e. The molecule has 1 aromatic heterocycles. The molecule has 148 valence electrons. The number of hydrogen-bond acceptors (Lipinski definition) is 3. The molecule has 0 aliphatic carbocycles. The Morgan fingerprint density at radius 1 is 1.22 bits per heavy atom. The van der Waals surface area contributed by atoms with Crippen LogP contribution in [-0.2, 0) is 25.9 Å². The van der Waals surface area contributed by atoms with Crippen molar-refractivity contribution in [1.82, 2.24) is 25.4 Å². The summed E-state index contributed by atoms with van der Waals surface area (Å²) in [5, 5.41) is 16.2. The third kappa shape index (κ3) is 6.64. The summed E-state index contributed by atoms with van der Waals surface area (Å²) < 4.78 is 2.32. The lowest BCUT2D eigenvalue weighted by Crippen LogP contribution is -2.37. The number of guanidine groups is 1. The molecule has 27 heavy (non-hydrogen) atoms. The molecule has 6 nitrogen and oxygen atoms in total. The largest absolute Gasteiger partial charge is 0.356 e. The lowest BCUT2D eigenvalue weighted by molar-refractivity contribution is 0.594. The molecular weight excluding hydrogens is 475 g/mol. The van der Waals surface area contributed by atoms with Crippen molar-refractivity contribution in [2.75, 3.05) is 13.6 Å². The maximum atomic E-state index is 6.02. The summed E-state index contributed by atoms with van der Waals surface area (Å²) in [4.78, 5) is 4.27. The van der Waals surface area contributed by atoms with Gasteiger partial charge in [-0.2, -0.15) is 0 Å². The zero-order valence-corrected chi connectivity index (χ0v) is 18.8. The highest BCUT2D eigenvalue weighted by Crippen LogP contribution is 2.15. The zero-order chi connectivity index (χ0) is 18.2. The predicted molar refractivity (Wildman–Crippen MR) is 121 cm³/mol. The number of benzene rings is 1. The monoisotopic (exact) mass is 502 g/mol. The van der Waals surface area contributed by atoms with E-state index in [-0.39, 0.29) is 24.0 Å². The Kier molecular flexibility index (Phi) is 9.33. The molecule has 1 aliphatic heterocycles. The van der Waals surface area contributed by atoms with Crippen molar-refractivity contribution < 1.29 is 0 Å². The van der Waals surface area contributed by atoms with Crippen LogP contribution in [0.3, 0.4) is 0 Å². The molecule has 0 amide bonds. The Balaban J connectivity index is 0.00000261. The number of aliphatic imine (C=N–C) groups is 1. The first-order chi connectivity index (χ1) is 12.8. The van der Waals surface area contributed by atoms with Gasteiger partial charge in [-0.25, -0.2) is 0 Å². The molecule has 0 fully saturated rings. The molecule has 0 saturated heterocycles. The van der Waals surface area contributed by atoms with Crippen molar-refractivity contribution in [3.8, 4) is 0 Å². The van der Waals surface area contributed by atoms with Gasteiger partial charge in [0.05, 0.1) is 0 Å². The summed E-state index contributed by atoms with van der Waals surface area (Å²) in [5.41, 5.74) is 1.13. The van der Waals surface area contributed by atoms with Crippen LogP contribution in [0.1, 0.15) is 42.9 Å². The third-order valence-corrected chi connectivity index (χ3v) is 4.86. The number of fused-ring (bicyclic) bond motifs is 1. The quantitative estimate of drug-likeness (QED) is 0.274. The van der Waals surface area contributed by atoms with E-state index in [1.54, 1.807) is 7.05 Å². The third-order valence-electron chi connectivity index (χ3n) is 4.63. The van der Waals surface area contributed by atoms with E-state index in [2.05, 4.69) is 30.4 Å². The van der Waals surface area contributed by atoms with Gasteiger partial charge in [0.25, 0.3) is 0 Å². The molecule has 0 spiro atoms. The van der Waals surface area contributed by atoms with E-state index >= 15 is 0 Å². The second kappa shape index (κ2) is 11.5. The summed E-state index contributed by atoms with van der Waals surface area (Å²) in [7, 11) is 1.78. The highest BCUT2D eigenvalue weighted by molar-refractivity contribution is 14.0. The van der Waals surface area contributed by atoms with Crippen molar-refractivity contribution in [3.05, 3.63) is 46.5 Å².